The Kier molecular flexibility index (Phi) is 17.7. The molecular formula is C53H66N6O7S. The maximum atomic E-state index is 14.8. The third kappa shape index (κ3) is 12.6. The number of hydrogen-bond donors (Lipinski definition) is 3. The molecule has 2 amide bonds. The van der Waals surface area contributed by atoms with E-state index in [1.54, 1.807) is 39.0 Å². The second-order valence-corrected chi connectivity index (χ2v) is 19.1. The summed E-state index contributed by atoms with van der Waals surface area (Å²) in [7, 11) is 1.50. The van der Waals surface area contributed by atoms with Gasteiger partial charge >= 0.3 is 0 Å². The number of likely N-dealkylation sites (N-methyl/N-ethyl adjacent to an activating group) is 1. The van der Waals surface area contributed by atoms with Crippen molar-refractivity contribution < 1.29 is 33.8 Å². The van der Waals surface area contributed by atoms with E-state index in [-0.39, 0.29) is 87.4 Å². The highest BCUT2D eigenvalue weighted by Crippen LogP contribution is 2.41. The van der Waals surface area contributed by atoms with Gasteiger partial charge in [-0.1, -0.05) is 70.5 Å². The van der Waals surface area contributed by atoms with Crippen molar-refractivity contribution in [3.8, 4) is 40.1 Å². The predicted octanol–water partition coefficient (Wildman–Crippen LogP) is 8.50. The number of aryl methyl sites for hydroxylation is 2. The number of nitrogens with two attached hydrogens (primary N) is 1. The van der Waals surface area contributed by atoms with Crippen LogP contribution in [-0.4, -0.2) is 74.9 Å². The molecule has 4 bridgehead atoms. The van der Waals surface area contributed by atoms with E-state index in [1.165, 1.54) is 23.6 Å². The van der Waals surface area contributed by atoms with Crippen LogP contribution in [0.1, 0.15) is 136 Å². The number of Topliss-reactive ketones (excluding diaryl/α,β-unsaturated/α-hetero) is 3. The Balaban J connectivity index is 0.00000840. The Morgan fingerprint density at radius 1 is 0.955 bits per heavy atom. The lowest BCUT2D eigenvalue weighted by Crippen LogP contribution is -2.46. The number of nitrogens with zero attached hydrogens (tertiary/aromatic N) is 4. The molecule has 3 aromatic carbocycles. The van der Waals surface area contributed by atoms with Crippen LogP contribution >= 0.6 is 13.5 Å². The average molecular weight is 931 g/mol. The van der Waals surface area contributed by atoms with Crippen molar-refractivity contribution in [1.29, 1.82) is 5.26 Å². The quantitative estimate of drug-likeness (QED) is 0.108. The van der Waals surface area contributed by atoms with E-state index < -0.39 is 41.5 Å². The van der Waals surface area contributed by atoms with Crippen LogP contribution in [-0.2, 0) is 31.0 Å². The SMILES string of the molecule is Cc1nc(-c2ccc(C(C)(C)C)cc2)nc(C)c1C(=O)C[C@@H](CCN)C(=O)N(C)[C@@H]1C(=O)C[C@@H](C)C(=O)N[C@H](C(=O)CCC#N)Cc2ccc(OC3CCCCC3)c(c2)-c2cc1ccc2O.S. The van der Waals surface area contributed by atoms with Gasteiger partial charge in [-0.3, -0.25) is 24.0 Å². The Morgan fingerprint density at radius 3 is 2.25 bits per heavy atom. The Labute approximate surface area is 401 Å². The van der Waals surface area contributed by atoms with Crippen LogP contribution in [0.25, 0.3) is 22.5 Å². The summed E-state index contributed by atoms with van der Waals surface area (Å²) in [5, 5.41) is 23.7. The maximum absolute atomic E-state index is 14.8. The van der Waals surface area contributed by atoms with Gasteiger partial charge < -0.3 is 25.8 Å². The molecule has 1 saturated carbocycles. The van der Waals surface area contributed by atoms with Crippen LogP contribution in [0.2, 0.25) is 0 Å². The molecule has 1 aliphatic carbocycles. The summed E-state index contributed by atoms with van der Waals surface area (Å²) in [6.45, 7) is 11.6. The van der Waals surface area contributed by atoms with Crippen molar-refractivity contribution in [2.75, 3.05) is 13.6 Å². The molecule has 67 heavy (non-hydrogen) atoms. The molecule has 6 rings (SSSR count). The molecule has 4 N–H and O–H groups in total. The van der Waals surface area contributed by atoms with E-state index in [9.17, 15) is 34.3 Å². The second-order valence-electron chi connectivity index (χ2n) is 19.1. The summed E-state index contributed by atoms with van der Waals surface area (Å²) < 4.78 is 6.60. The van der Waals surface area contributed by atoms with E-state index in [4.69, 9.17) is 20.4 Å². The molecule has 4 aromatic rings. The molecule has 356 valence electrons. The number of phenolic OH excluding ortho intramolecular Hbond substituents is 1. The number of fused-ring (bicyclic) bond motifs is 5. The van der Waals surface area contributed by atoms with E-state index in [0.29, 0.717) is 50.8 Å². The molecule has 13 nitrogen and oxygen atoms in total. The molecular weight excluding hydrogens is 865 g/mol. The van der Waals surface area contributed by atoms with Crippen molar-refractivity contribution in [3.63, 3.8) is 0 Å². The third-order valence-electron chi connectivity index (χ3n) is 13.0. The highest BCUT2D eigenvalue weighted by atomic mass is 32.1. The van der Waals surface area contributed by atoms with Gasteiger partial charge in [0.2, 0.25) is 11.8 Å². The topological polar surface area (TPSA) is 206 Å². The zero-order chi connectivity index (χ0) is 47.9. The minimum Gasteiger partial charge on any atom is -0.507 e. The lowest BCUT2D eigenvalue weighted by Gasteiger charge is -2.32. The number of nitrogens with one attached hydrogen (secondary N) is 1. The molecule has 2 heterocycles. The lowest BCUT2D eigenvalue weighted by molar-refractivity contribution is -0.142. The van der Waals surface area contributed by atoms with Crippen LogP contribution in [0.5, 0.6) is 11.5 Å². The number of amides is 2. The number of ether oxygens (including phenoxy) is 1. The van der Waals surface area contributed by atoms with Crippen LogP contribution < -0.4 is 15.8 Å². The van der Waals surface area contributed by atoms with Crippen LogP contribution in [0, 0.1) is 37.0 Å². The van der Waals surface area contributed by atoms with Gasteiger partial charge in [0.1, 0.15) is 17.5 Å². The zero-order valence-corrected chi connectivity index (χ0v) is 40.9. The predicted molar refractivity (Wildman–Crippen MR) is 263 cm³/mol. The van der Waals surface area contributed by atoms with Crippen molar-refractivity contribution in [2.45, 2.75) is 136 Å². The molecule has 1 fully saturated rings. The highest BCUT2D eigenvalue weighted by Gasteiger charge is 2.37. The zero-order valence-electron chi connectivity index (χ0n) is 39.9. The minimum absolute atomic E-state index is 0. The van der Waals surface area contributed by atoms with Crippen LogP contribution in [0.4, 0.5) is 0 Å². The number of carbonyl (C=O) groups excluding carboxylic acids is 5. The average Bonchev–Trinajstić information content (AvgIpc) is 3.28. The molecule has 1 aliphatic heterocycles. The van der Waals surface area contributed by atoms with Crippen LogP contribution in [0.15, 0.2) is 60.7 Å². The normalized spacial score (nSPS) is 18.3. The number of hydrogen-bond acceptors (Lipinski definition) is 11. The van der Waals surface area contributed by atoms with Crippen molar-refractivity contribution in [2.24, 2.45) is 17.6 Å². The van der Waals surface area contributed by atoms with Gasteiger partial charge in [0.05, 0.1) is 35.2 Å². The highest BCUT2D eigenvalue weighted by molar-refractivity contribution is 7.59. The minimum atomic E-state index is -1.25. The fourth-order valence-corrected chi connectivity index (χ4v) is 9.22. The number of phenols is 1. The van der Waals surface area contributed by atoms with Gasteiger partial charge in [-0.15, -0.1) is 0 Å². The summed E-state index contributed by atoms with van der Waals surface area (Å²) in [5.41, 5.74) is 11.2. The van der Waals surface area contributed by atoms with Crippen molar-refractivity contribution in [1.82, 2.24) is 20.2 Å². The number of aromatic hydroxyl groups is 1. The van der Waals surface area contributed by atoms with E-state index in [1.807, 2.05) is 42.5 Å². The number of ketones is 3. The van der Waals surface area contributed by atoms with E-state index in [2.05, 4.69) is 26.1 Å². The first-order valence-corrected chi connectivity index (χ1v) is 23.2. The number of carbonyl (C=O) groups is 5. The summed E-state index contributed by atoms with van der Waals surface area (Å²) in [6.07, 6.45) is 4.49. The van der Waals surface area contributed by atoms with Gasteiger partial charge in [0, 0.05) is 61.3 Å². The molecule has 4 atom stereocenters. The molecule has 0 spiro atoms. The van der Waals surface area contributed by atoms with Crippen molar-refractivity contribution in [3.05, 3.63) is 94.3 Å². The molecule has 14 heteroatoms. The van der Waals surface area contributed by atoms with Gasteiger partial charge in [-0.05, 0) is 105 Å². The van der Waals surface area contributed by atoms with Gasteiger partial charge in [0.15, 0.2) is 23.2 Å². The first-order chi connectivity index (χ1) is 31.4. The first kappa shape index (κ1) is 52.1. The van der Waals surface area contributed by atoms with E-state index in [0.717, 1.165) is 37.7 Å². The van der Waals surface area contributed by atoms with Gasteiger partial charge in [-0.25, -0.2) is 9.97 Å². The largest absolute Gasteiger partial charge is 0.507 e. The van der Waals surface area contributed by atoms with Crippen molar-refractivity contribution >= 4 is 42.7 Å². The summed E-state index contributed by atoms with van der Waals surface area (Å²) in [6, 6.07) is 18.0. The second kappa shape index (κ2) is 22.7. The molecule has 0 radical (unpaired) electrons. The standard InChI is InChI=1S/C53H64N6O7.H2S/c1-31-26-46(63)49(59(7)52(65)37(23-25-55)30-45(62)48-32(2)56-50(57-33(48)3)35-16-19-38(20-17-35)53(4,5)6)36-18-21-43(60)40(29-36)41-27-34(15-22-47(41)66-39-12-9-8-10-13-39)28-42(58-51(31)64)44(61)14-11-24-54;/h15-22,27,29,31,37,39,42,49,60H,8-14,23,25-26,28,30,55H2,1-7H3,(H,58,64);1H2/t31-,37-,42+,49+;/m1./s1. The number of aromatic nitrogens is 2. The van der Waals surface area contributed by atoms with Crippen LogP contribution in [0.3, 0.4) is 0 Å². The Bertz CT molecular complexity index is 2480. The number of benzene rings is 3. The lowest BCUT2D eigenvalue weighted by atomic mass is 9.86. The Morgan fingerprint density at radius 2 is 1.63 bits per heavy atom. The summed E-state index contributed by atoms with van der Waals surface area (Å²) in [4.78, 5) is 81.8. The fourth-order valence-electron chi connectivity index (χ4n) is 9.22. The van der Waals surface area contributed by atoms with Gasteiger partial charge in [-0.2, -0.15) is 18.8 Å². The first-order valence-electron chi connectivity index (χ1n) is 23.2. The molecule has 1 aromatic heterocycles. The monoisotopic (exact) mass is 930 g/mol. The smallest absolute Gasteiger partial charge is 0.226 e. The molecule has 2 aliphatic rings. The molecule has 0 unspecified atom stereocenters. The Hall–Kier alpha value is -5.91. The number of nitriles is 1. The maximum Gasteiger partial charge on any atom is 0.226 e. The van der Waals surface area contributed by atoms with Gasteiger partial charge in [0.25, 0.3) is 0 Å². The summed E-state index contributed by atoms with van der Waals surface area (Å²) >= 11 is 0. The van der Waals surface area contributed by atoms with E-state index >= 15 is 0 Å². The molecule has 0 saturated heterocycles. The fraction of sp³-hybridized carbons (Fsp3) is 0.472. The third-order valence-corrected chi connectivity index (χ3v) is 13.0. The number of rotatable bonds is 13. The summed E-state index contributed by atoms with van der Waals surface area (Å²) in [5.74, 6) is -3.10.